The van der Waals surface area contributed by atoms with E-state index in [0.29, 0.717) is 22.7 Å². The molecule has 5 nitrogen and oxygen atoms in total. The highest BCUT2D eigenvalue weighted by molar-refractivity contribution is 9.10. The Bertz CT molecular complexity index is 748. The Balaban J connectivity index is 2.17. The van der Waals surface area contributed by atoms with Crippen molar-refractivity contribution in [2.24, 2.45) is 0 Å². The Morgan fingerprint density at radius 3 is 2.67 bits per heavy atom. The normalized spacial score (nSPS) is 11.1. The number of methoxy groups -OCH3 is 1. The van der Waals surface area contributed by atoms with Crippen LogP contribution in [0.1, 0.15) is 5.56 Å². The van der Waals surface area contributed by atoms with Crippen LogP contribution in [0, 0.1) is 0 Å². The molecule has 0 saturated heterocycles. The average Bonchev–Trinajstić information content (AvgIpc) is 2.40. The Kier molecular flexibility index (Phi) is 4.74. The predicted octanol–water partition coefficient (Wildman–Crippen LogP) is 2.98. The van der Waals surface area contributed by atoms with Crippen molar-refractivity contribution in [1.82, 2.24) is 0 Å². The zero-order valence-electron chi connectivity index (χ0n) is 11.3. The number of nitrogens with one attached hydrogen (secondary N) is 1. The summed E-state index contributed by atoms with van der Waals surface area (Å²) in [5.74, 6) is 0.412. The quantitative estimate of drug-likeness (QED) is 0.792. The lowest BCUT2D eigenvalue weighted by Crippen LogP contribution is -2.15. The fourth-order valence-electron chi connectivity index (χ4n) is 1.84. The lowest BCUT2D eigenvalue weighted by Gasteiger charge is -2.10. The zero-order valence-corrected chi connectivity index (χ0v) is 13.7. The molecular weight excluding hydrogens is 356 g/mol. The smallest absolute Gasteiger partial charge is 0.236 e. The first kappa shape index (κ1) is 15.7. The minimum Gasteiger partial charge on any atom is -0.495 e. The fraction of sp³-hybridized carbons (Fsp3) is 0.143. The predicted molar refractivity (Wildman–Crippen MR) is 87.8 cm³/mol. The van der Waals surface area contributed by atoms with Crippen LogP contribution in [0.4, 0.5) is 11.4 Å². The maximum absolute atomic E-state index is 12.2. The van der Waals surface area contributed by atoms with E-state index in [1.807, 2.05) is 0 Å². The molecule has 0 unspecified atom stereocenters. The number of rotatable bonds is 5. The highest BCUT2D eigenvalue weighted by atomic mass is 79.9. The number of halogens is 1. The van der Waals surface area contributed by atoms with Gasteiger partial charge in [0.2, 0.25) is 10.0 Å². The Labute approximate surface area is 132 Å². The number of benzene rings is 2. The summed E-state index contributed by atoms with van der Waals surface area (Å²) in [6.45, 7) is 0. The molecule has 7 heteroatoms. The largest absolute Gasteiger partial charge is 0.495 e. The van der Waals surface area contributed by atoms with E-state index in [2.05, 4.69) is 20.7 Å². The van der Waals surface area contributed by atoms with Crippen LogP contribution in [-0.2, 0) is 15.8 Å². The molecule has 0 aromatic heterocycles. The SMILES string of the molecule is COc1cc(NS(=O)(=O)Cc2cccc(N)c2)ccc1Br. The molecule has 21 heavy (non-hydrogen) atoms. The lowest BCUT2D eigenvalue weighted by atomic mass is 10.2. The third-order valence-corrected chi connectivity index (χ3v) is 4.65. The molecule has 0 heterocycles. The van der Waals surface area contributed by atoms with Crippen LogP contribution >= 0.6 is 15.9 Å². The van der Waals surface area contributed by atoms with Crippen LogP contribution in [0.15, 0.2) is 46.9 Å². The molecule has 2 rings (SSSR count). The molecule has 0 atom stereocenters. The highest BCUT2D eigenvalue weighted by Gasteiger charge is 2.13. The van der Waals surface area contributed by atoms with Gasteiger partial charge in [0, 0.05) is 11.8 Å². The second-order valence-corrected chi connectivity index (χ2v) is 7.03. The number of nitrogen functional groups attached to an aromatic ring is 1. The zero-order chi connectivity index (χ0) is 15.5. The van der Waals surface area contributed by atoms with Crippen LogP contribution in [0.2, 0.25) is 0 Å². The minimum absolute atomic E-state index is 0.142. The second-order valence-electron chi connectivity index (χ2n) is 4.46. The van der Waals surface area contributed by atoms with E-state index in [4.69, 9.17) is 10.5 Å². The van der Waals surface area contributed by atoms with Crippen LogP contribution in [0.25, 0.3) is 0 Å². The van der Waals surface area contributed by atoms with E-state index in [1.165, 1.54) is 7.11 Å². The molecule has 0 fully saturated rings. The van der Waals surface area contributed by atoms with E-state index in [-0.39, 0.29) is 5.75 Å². The average molecular weight is 371 g/mol. The van der Waals surface area contributed by atoms with Crippen molar-refractivity contribution < 1.29 is 13.2 Å². The minimum atomic E-state index is -3.52. The van der Waals surface area contributed by atoms with Crippen LogP contribution in [0.5, 0.6) is 5.75 Å². The van der Waals surface area contributed by atoms with Gasteiger partial charge in [-0.3, -0.25) is 4.72 Å². The van der Waals surface area contributed by atoms with Crippen LogP contribution in [-0.4, -0.2) is 15.5 Å². The molecule has 0 aliphatic carbocycles. The Morgan fingerprint density at radius 2 is 2.00 bits per heavy atom. The van der Waals surface area contributed by atoms with Gasteiger partial charge in [0.1, 0.15) is 5.75 Å². The molecule has 0 aliphatic heterocycles. The van der Waals surface area contributed by atoms with E-state index < -0.39 is 10.0 Å². The molecule has 0 saturated carbocycles. The molecular formula is C14H15BrN2O3S. The third-order valence-electron chi connectivity index (χ3n) is 2.73. The summed E-state index contributed by atoms with van der Waals surface area (Å²) in [5.41, 5.74) is 7.26. The van der Waals surface area contributed by atoms with Crippen molar-refractivity contribution in [3.63, 3.8) is 0 Å². The standard InChI is InChI=1S/C14H15BrN2O3S/c1-20-14-8-12(5-6-13(14)15)17-21(18,19)9-10-3-2-4-11(16)7-10/h2-8,17H,9,16H2,1H3. The summed E-state index contributed by atoms with van der Waals surface area (Å²) in [7, 11) is -2.00. The summed E-state index contributed by atoms with van der Waals surface area (Å²) in [6, 6.07) is 11.8. The molecule has 2 aromatic rings. The maximum Gasteiger partial charge on any atom is 0.236 e. The van der Waals surface area contributed by atoms with Crippen molar-refractivity contribution in [3.8, 4) is 5.75 Å². The molecule has 0 spiro atoms. The van der Waals surface area contributed by atoms with E-state index in [1.54, 1.807) is 42.5 Å². The van der Waals surface area contributed by atoms with Gasteiger partial charge in [-0.15, -0.1) is 0 Å². The van der Waals surface area contributed by atoms with Gasteiger partial charge in [0.05, 0.1) is 23.0 Å². The van der Waals surface area contributed by atoms with Gasteiger partial charge in [0.25, 0.3) is 0 Å². The number of ether oxygens (including phenoxy) is 1. The highest BCUT2D eigenvalue weighted by Crippen LogP contribution is 2.28. The number of sulfonamides is 1. The summed E-state index contributed by atoms with van der Waals surface area (Å²) in [6.07, 6.45) is 0. The Hall–Kier alpha value is -1.73. The van der Waals surface area contributed by atoms with Gasteiger partial charge in [-0.25, -0.2) is 8.42 Å². The number of anilines is 2. The molecule has 2 aromatic carbocycles. The first-order valence-electron chi connectivity index (χ1n) is 6.08. The van der Waals surface area contributed by atoms with Crippen molar-refractivity contribution >= 4 is 37.3 Å². The summed E-state index contributed by atoms with van der Waals surface area (Å²) < 4.78 is 32.7. The fourth-order valence-corrected chi connectivity index (χ4v) is 3.43. The topological polar surface area (TPSA) is 81.4 Å². The molecule has 0 aliphatic rings. The summed E-state index contributed by atoms with van der Waals surface area (Å²) >= 11 is 3.32. The number of hydrogen-bond donors (Lipinski definition) is 2. The first-order chi connectivity index (χ1) is 9.89. The third kappa shape index (κ3) is 4.37. The van der Waals surface area contributed by atoms with Gasteiger partial charge >= 0.3 is 0 Å². The molecule has 0 bridgehead atoms. The van der Waals surface area contributed by atoms with Crippen molar-refractivity contribution in [3.05, 3.63) is 52.5 Å². The van der Waals surface area contributed by atoms with Crippen LogP contribution < -0.4 is 15.2 Å². The van der Waals surface area contributed by atoms with Gasteiger partial charge in [-0.2, -0.15) is 0 Å². The molecule has 0 amide bonds. The molecule has 112 valence electrons. The van der Waals surface area contributed by atoms with E-state index in [9.17, 15) is 8.42 Å². The monoisotopic (exact) mass is 370 g/mol. The molecule has 0 radical (unpaired) electrons. The number of hydrogen-bond acceptors (Lipinski definition) is 4. The van der Waals surface area contributed by atoms with Gasteiger partial charge < -0.3 is 10.5 Å². The van der Waals surface area contributed by atoms with Gasteiger partial charge in [-0.1, -0.05) is 12.1 Å². The van der Waals surface area contributed by atoms with Gasteiger partial charge in [0.15, 0.2) is 0 Å². The van der Waals surface area contributed by atoms with Crippen LogP contribution in [0.3, 0.4) is 0 Å². The molecule has 3 N–H and O–H groups in total. The lowest BCUT2D eigenvalue weighted by molar-refractivity contribution is 0.412. The van der Waals surface area contributed by atoms with Crippen molar-refractivity contribution in [2.45, 2.75) is 5.75 Å². The summed E-state index contributed by atoms with van der Waals surface area (Å²) in [5, 5.41) is 0. The summed E-state index contributed by atoms with van der Waals surface area (Å²) in [4.78, 5) is 0. The van der Waals surface area contributed by atoms with E-state index >= 15 is 0 Å². The van der Waals surface area contributed by atoms with Gasteiger partial charge in [-0.05, 0) is 45.8 Å². The number of nitrogens with two attached hydrogens (primary N) is 1. The second kappa shape index (κ2) is 6.36. The van der Waals surface area contributed by atoms with Crippen molar-refractivity contribution in [1.29, 1.82) is 0 Å². The maximum atomic E-state index is 12.2. The Morgan fingerprint density at radius 1 is 1.24 bits per heavy atom. The van der Waals surface area contributed by atoms with Crippen molar-refractivity contribution in [2.75, 3.05) is 17.6 Å². The first-order valence-corrected chi connectivity index (χ1v) is 8.52. The van der Waals surface area contributed by atoms with E-state index in [0.717, 1.165) is 4.47 Å².